The first-order chi connectivity index (χ1) is 24.5. The summed E-state index contributed by atoms with van der Waals surface area (Å²) in [5, 5.41) is 0. The zero-order valence-corrected chi connectivity index (χ0v) is 34.6. The number of allylic oxidation sites excluding steroid dienone is 1. The van der Waals surface area contributed by atoms with Crippen molar-refractivity contribution in [2.24, 2.45) is 46.3 Å². The van der Waals surface area contributed by atoms with Crippen LogP contribution in [0.4, 0.5) is 0 Å². The first-order valence-corrected chi connectivity index (χ1v) is 22.5. The van der Waals surface area contributed by atoms with Crippen molar-refractivity contribution in [3.05, 3.63) is 34.8 Å². The molecule has 4 aliphatic carbocycles. The minimum atomic E-state index is 0.0529. The summed E-state index contributed by atoms with van der Waals surface area (Å²) in [5.74, 6) is 7.66. The molecule has 0 radical (unpaired) electrons. The summed E-state index contributed by atoms with van der Waals surface area (Å²) in [5.41, 5.74) is 3.85. The van der Waals surface area contributed by atoms with Crippen LogP contribution in [0.25, 0.3) is 0 Å². The van der Waals surface area contributed by atoms with Gasteiger partial charge in [0.1, 0.15) is 17.6 Å². The maximum Gasteiger partial charge on any atom is 0.306 e. The van der Waals surface area contributed by atoms with Gasteiger partial charge in [0.15, 0.2) is 0 Å². The Morgan fingerprint density at radius 1 is 0.843 bits per heavy atom. The van der Waals surface area contributed by atoms with Crippen molar-refractivity contribution in [2.45, 2.75) is 215 Å². The van der Waals surface area contributed by atoms with Crippen LogP contribution >= 0.6 is 0 Å². The van der Waals surface area contributed by atoms with E-state index in [9.17, 15) is 4.79 Å². The molecule has 1 heterocycles. The molecule has 0 spiro atoms. The van der Waals surface area contributed by atoms with Crippen molar-refractivity contribution in [3.63, 3.8) is 0 Å². The van der Waals surface area contributed by atoms with Crippen molar-refractivity contribution < 1.29 is 13.9 Å². The van der Waals surface area contributed by atoms with Gasteiger partial charge in [-0.25, -0.2) is 0 Å². The molecule has 3 saturated carbocycles. The molecule has 3 heteroatoms. The normalized spacial score (nSPS) is 30.8. The molecule has 4 aliphatic rings. The number of carbonyl (C=O) groups excluding carboxylic acids is 1. The van der Waals surface area contributed by atoms with Gasteiger partial charge in [-0.15, -0.1) is 0 Å². The molecule has 8 unspecified atom stereocenters. The van der Waals surface area contributed by atoms with Gasteiger partial charge in [-0.1, -0.05) is 124 Å². The van der Waals surface area contributed by atoms with Gasteiger partial charge in [-0.3, -0.25) is 4.79 Å². The standard InChI is InChI=1S/C48H80O3/c1-8-20-39-33-37(5)45(50-39)23-17-15-13-11-9-10-12-14-16-18-24-46(49)51-40-29-31-47(6)38(34-40)25-26-41-43-28-27-42(36(4)22-19-21-35(2)3)48(43,7)32-30-44(41)47/h25,33,35-36,40-44H,8-24,26-32,34H2,1-7H3. The van der Waals surface area contributed by atoms with Crippen molar-refractivity contribution >= 4 is 5.97 Å². The first-order valence-electron chi connectivity index (χ1n) is 22.5. The van der Waals surface area contributed by atoms with E-state index in [2.05, 4.69) is 60.6 Å². The van der Waals surface area contributed by atoms with Crippen LogP contribution < -0.4 is 0 Å². The molecule has 0 amide bonds. The molecular weight excluding hydrogens is 625 g/mol. The average Bonchev–Trinajstić information content (AvgIpc) is 3.63. The van der Waals surface area contributed by atoms with Crippen LogP contribution in [0.15, 0.2) is 22.1 Å². The molecule has 51 heavy (non-hydrogen) atoms. The highest BCUT2D eigenvalue weighted by molar-refractivity contribution is 5.69. The summed E-state index contributed by atoms with van der Waals surface area (Å²) < 4.78 is 12.2. The van der Waals surface area contributed by atoms with Crippen molar-refractivity contribution in [1.29, 1.82) is 0 Å². The lowest BCUT2D eigenvalue weighted by Gasteiger charge is -2.58. The fourth-order valence-electron chi connectivity index (χ4n) is 12.2. The Bertz CT molecular complexity index is 1240. The third-order valence-corrected chi connectivity index (χ3v) is 15.2. The number of unbranched alkanes of at least 4 members (excludes halogenated alkanes) is 9. The molecule has 0 bridgehead atoms. The smallest absolute Gasteiger partial charge is 0.306 e. The third kappa shape index (κ3) is 10.4. The molecule has 290 valence electrons. The predicted molar refractivity (Wildman–Crippen MR) is 215 cm³/mol. The largest absolute Gasteiger partial charge is 0.466 e. The van der Waals surface area contributed by atoms with Crippen LogP contribution in [0.5, 0.6) is 0 Å². The number of hydrogen-bond acceptors (Lipinski definition) is 3. The third-order valence-electron chi connectivity index (χ3n) is 15.2. The number of aryl methyl sites for hydroxylation is 3. The lowest BCUT2D eigenvalue weighted by Crippen LogP contribution is -2.51. The lowest BCUT2D eigenvalue weighted by atomic mass is 9.47. The summed E-state index contributed by atoms with van der Waals surface area (Å²) in [4.78, 5) is 12.9. The number of carbonyl (C=O) groups is 1. The van der Waals surface area contributed by atoms with Gasteiger partial charge in [0.25, 0.3) is 0 Å². The van der Waals surface area contributed by atoms with Gasteiger partial charge >= 0.3 is 5.97 Å². The molecule has 0 aliphatic heterocycles. The van der Waals surface area contributed by atoms with Gasteiger partial charge in [-0.2, -0.15) is 0 Å². The Hall–Kier alpha value is -1.51. The highest BCUT2D eigenvalue weighted by Gasteiger charge is 2.59. The number of ether oxygens (including phenoxy) is 1. The van der Waals surface area contributed by atoms with E-state index in [1.165, 1.54) is 120 Å². The molecule has 0 aromatic carbocycles. The highest BCUT2D eigenvalue weighted by Crippen LogP contribution is 2.67. The predicted octanol–water partition coefficient (Wildman–Crippen LogP) is 14.3. The van der Waals surface area contributed by atoms with Gasteiger partial charge in [0.05, 0.1) is 0 Å². The second-order valence-electron chi connectivity index (χ2n) is 19.2. The number of furan rings is 1. The Kier molecular flexibility index (Phi) is 15.3. The zero-order valence-electron chi connectivity index (χ0n) is 34.6. The van der Waals surface area contributed by atoms with Gasteiger partial charge in [0.2, 0.25) is 0 Å². The Labute approximate surface area is 315 Å². The molecule has 1 aromatic rings. The molecule has 8 atom stereocenters. The minimum Gasteiger partial charge on any atom is -0.466 e. The van der Waals surface area contributed by atoms with Crippen LogP contribution in [0, 0.1) is 53.3 Å². The maximum absolute atomic E-state index is 12.9. The minimum absolute atomic E-state index is 0.0529. The molecule has 0 saturated heterocycles. The maximum atomic E-state index is 12.9. The number of rotatable bonds is 21. The van der Waals surface area contributed by atoms with E-state index in [-0.39, 0.29) is 12.1 Å². The van der Waals surface area contributed by atoms with E-state index in [4.69, 9.17) is 9.15 Å². The topological polar surface area (TPSA) is 39.4 Å². The monoisotopic (exact) mass is 705 g/mol. The van der Waals surface area contributed by atoms with E-state index in [1.54, 1.807) is 5.57 Å². The zero-order chi connectivity index (χ0) is 36.4. The van der Waals surface area contributed by atoms with Crippen molar-refractivity contribution in [2.75, 3.05) is 0 Å². The van der Waals surface area contributed by atoms with E-state index < -0.39 is 0 Å². The van der Waals surface area contributed by atoms with E-state index in [1.807, 2.05) is 0 Å². The SMILES string of the molecule is CCCc1cc(C)c(CCCCCCCCCCCCC(=O)OC2CCC3(C)C(=CCC4C3CCC3(C)C(C(C)CCCC(C)C)CCC43)C2)o1. The average molecular weight is 705 g/mol. The lowest BCUT2D eigenvalue weighted by molar-refractivity contribution is -0.151. The summed E-state index contributed by atoms with van der Waals surface area (Å²) in [6.07, 6.45) is 33.8. The quantitative estimate of drug-likeness (QED) is 0.0726. The Morgan fingerprint density at radius 3 is 2.25 bits per heavy atom. The van der Waals surface area contributed by atoms with Gasteiger partial charge in [-0.05, 0) is 129 Å². The summed E-state index contributed by atoms with van der Waals surface area (Å²) in [7, 11) is 0. The van der Waals surface area contributed by atoms with Gasteiger partial charge in [0, 0.05) is 25.7 Å². The van der Waals surface area contributed by atoms with E-state index in [0.717, 1.165) is 86.2 Å². The second kappa shape index (κ2) is 19.2. The second-order valence-corrected chi connectivity index (χ2v) is 19.2. The Morgan fingerprint density at radius 2 is 1.55 bits per heavy atom. The van der Waals surface area contributed by atoms with Crippen LogP contribution in [0.2, 0.25) is 0 Å². The fraction of sp³-hybridized carbons (Fsp3) is 0.854. The van der Waals surface area contributed by atoms with Crippen LogP contribution in [0.3, 0.4) is 0 Å². The van der Waals surface area contributed by atoms with Crippen LogP contribution in [-0.2, 0) is 22.4 Å². The summed E-state index contributed by atoms with van der Waals surface area (Å²) in [6, 6.07) is 2.23. The number of esters is 1. The molecular formula is C48H80O3. The van der Waals surface area contributed by atoms with Crippen LogP contribution in [-0.4, -0.2) is 12.1 Å². The molecule has 1 aromatic heterocycles. The summed E-state index contributed by atoms with van der Waals surface area (Å²) in [6.45, 7) is 17.1. The van der Waals surface area contributed by atoms with Crippen molar-refractivity contribution in [1.82, 2.24) is 0 Å². The van der Waals surface area contributed by atoms with E-state index in [0.29, 0.717) is 17.3 Å². The number of fused-ring (bicyclic) bond motifs is 5. The highest BCUT2D eigenvalue weighted by atomic mass is 16.5. The Balaban J connectivity index is 0.934. The molecule has 0 N–H and O–H groups in total. The molecule has 3 nitrogen and oxygen atoms in total. The van der Waals surface area contributed by atoms with Gasteiger partial charge < -0.3 is 9.15 Å². The first kappa shape index (κ1) is 40.7. The summed E-state index contributed by atoms with van der Waals surface area (Å²) >= 11 is 0. The molecule has 3 fully saturated rings. The van der Waals surface area contributed by atoms with E-state index >= 15 is 0 Å². The fourth-order valence-corrected chi connectivity index (χ4v) is 12.2. The van der Waals surface area contributed by atoms with Crippen LogP contribution in [0.1, 0.15) is 206 Å². The van der Waals surface area contributed by atoms with Crippen molar-refractivity contribution in [3.8, 4) is 0 Å². The molecule has 5 rings (SSSR count). The number of hydrogen-bond donors (Lipinski definition) is 0.